The van der Waals surface area contributed by atoms with E-state index in [4.69, 9.17) is 13.9 Å². The van der Waals surface area contributed by atoms with Crippen molar-refractivity contribution in [2.75, 3.05) is 19.0 Å². The van der Waals surface area contributed by atoms with E-state index in [9.17, 15) is 19.7 Å². The van der Waals surface area contributed by atoms with E-state index < -0.39 is 23.4 Å². The van der Waals surface area contributed by atoms with Crippen molar-refractivity contribution in [1.29, 1.82) is 0 Å². The van der Waals surface area contributed by atoms with Crippen LogP contribution in [0, 0.1) is 17.0 Å². The molecular formula is C15H13BrN2O7. The van der Waals surface area contributed by atoms with Crippen LogP contribution in [0.15, 0.2) is 33.4 Å². The molecule has 0 aliphatic rings. The number of ether oxygens (including phenoxy) is 2. The number of methoxy groups -OCH3 is 1. The van der Waals surface area contributed by atoms with E-state index in [1.54, 1.807) is 6.92 Å². The molecule has 10 heteroatoms. The molecule has 1 heterocycles. The van der Waals surface area contributed by atoms with Gasteiger partial charge in [0.2, 0.25) is 5.76 Å². The fourth-order valence-electron chi connectivity index (χ4n) is 1.93. The van der Waals surface area contributed by atoms with Gasteiger partial charge in [-0.1, -0.05) is 0 Å². The lowest BCUT2D eigenvalue weighted by molar-refractivity contribution is -0.385. The normalized spacial score (nSPS) is 10.2. The molecule has 0 fully saturated rings. The van der Waals surface area contributed by atoms with Gasteiger partial charge in [-0.3, -0.25) is 14.9 Å². The summed E-state index contributed by atoms with van der Waals surface area (Å²) >= 11 is 3.05. The maximum absolute atomic E-state index is 11.9. The van der Waals surface area contributed by atoms with Crippen LogP contribution in [0.1, 0.15) is 16.1 Å². The molecule has 0 saturated heterocycles. The van der Waals surface area contributed by atoms with Crippen LogP contribution in [0.25, 0.3) is 0 Å². The highest BCUT2D eigenvalue weighted by Crippen LogP contribution is 2.32. The van der Waals surface area contributed by atoms with Crippen LogP contribution >= 0.6 is 15.9 Å². The Labute approximate surface area is 150 Å². The Kier molecular flexibility index (Phi) is 5.75. The van der Waals surface area contributed by atoms with Gasteiger partial charge >= 0.3 is 11.7 Å². The molecule has 0 spiro atoms. The highest BCUT2D eigenvalue weighted by Gasteiger charge is 2.19. The molecule has 0 aliphatic carbocycles. The summed E-state index contributed by atoms with van der Waals surface area (Å²) in [4.78, 5) is 34.0. The minimum absolute atomic E-state index is 0.00308. The maximum Gasteiger partial charge on any atom is 0.374 e. The second kappa shape index (κ2) is 7.79. The fraction of sp³-hybridized carbons (Fsp3) is 0.200. The van der Waals surface area contributed by atoms with E-state index in [2.05, 4.69) is 21.2 Å². The highest BCUT2D eigenvalue weighted by atomic mass is 79.9. The van der Waals surface area contributed by atoms with Gasteiger partial charge in [0.1, 0.15) is 0 Å². The summed E-state index contributed by atoms with van der Waals surface area (Å²) in [6.45, 7) is 1.05. The molecule has 0 atom stereocenters. The zero-order valence-corrected chi connectivity index (χ0v) is 14.8. The Balaban J connectivity index is 2.02. The SMILES string of the molecule is COc1cc(NC(=O)COC(=O)c2ccc(Br)o2)c(C)cc1[N+](=O)[O-]. The molecule has 25 heavy (non-hydrogen) atoms. The molecule has 9 nitrogen and oxygen atoms in total. The number of hydrogen-bond donors (Lipinski definition) is 1. The van der Waals surface area contributed by atoms with Crippen LogP contribution in [-0.2, 0) is 9.53 Å². The minimum Gasteiger partial charge on any atom is -0.490 e. The molecule has 1 aromatic heterocycles. The zero-order chi connectivity index (χ0) is 18.6. The maximum atomic E-state index is 11.9. The number of nitro benzene ring substituents is 1. The largest absolute Gasteiger partial charge is 0.490 e. The molecule has 2 aromatic rings. The number of halogens is 1. The molecule has 0 unspecified atom stereocenters. The Hall–Kier alpha value is -2.88. The lowest BCUT2D eigenvalue weighted by atomic mass is 10.1. The van der Waals surface area contributed by atoms with Gasteiger partial charge in [-0.15, -0.1) is 0 Å². The number of benzene rings is 1. The van der Waals surface area contributed by atoms with Crippen LogP contribution in [0.3, 0.4) is 0 Å². The summed E-state index contributed by atoms with van der Waals surface area (Å²) in [6.07, 6.45) is 0. The summed E-state index contributed by atoms with van der Waals surface area (Å²) in [5, 5.41) is 13.5. The summed E-state index contributed by atoms with van der Waals surface area (Å²) in [7, 11) is 1.28. The van der Waals surface area contributed by atoms with E-state index in [0.29, 0.717) is 15.9 Å². The van der Waals surface area contributed by atoms with Crippen LogP contribution in [0.4, 0.5) is 11.4 Å². The van der Waals surface area contributed by atoms with Crippen LogP contribution in [0.2, 0.25) is 0 Å². The average molecular weight is 413 g/mol. The number of rotatable bonds is 6. The number of aryl methyl sites for hydroxylation is 1. The average Bonchev–Trinajstić information content (AvgIpc) is 3.00. The van der Waals surface area contributed by atoms with Crippen molar-refractivity contribution in [3.8, 4) is 5.75 Å². The van der Waals surface area contributed by atoms with Crippen molar-refractivity contribution in [2.24, 2.45) is 0 Å². The lowest BCUT2D eigenvalue weighted by Gasteiger charge is -2.11. The van der Waals surface area contributed by atoms with Crippen LogP contribution < -0.4 is 10.1 Å². The predicted molar refractivity (Wildman–Crippen MR) is 89.7 cm³/mol. The molecule has 1 amide bonds. The number of nitrogens with zero attached hydrogens (tertiary/aromatic N) is 1. The van der Waals surface area contributed by atoms with E-state index in [-0.39, 0.29) is 17.2 Å². The highest BCUT2D eigenvalue weighted by molar-refractivity contribution is 9.10. The molecule has 2 rings (SSSR count). The first-order valence-corrected chi connectivity index (χ1v) is 7.66. The van der Waals surface area contributed by atoms with Crippen molar-refractivity contribution in [3.05, 3.63) is 50.4 Å². The Morgan fingerprint density at radius 2 is 2.08 bits per heavy atom. The van der Waals surface area contributed by atoms with Gasteiger partial charge in [-0.05, 0) is 40.5 Å². The van der Waals surface area contributed by atoms with Crippen molar-refractivity contribution >= 4 is 39.2 Å². The standard InChI is InChI=1S/C15H13BrN2O7/c1-8-5-10(18(21)22)12(23-2)6-9(8)17-14(19)7-24-15(20)11-3-4-13(16)25-11/h3-6H,7H2,1-2H3,(H,17,19). The second-order valence-electron chi connectivity index (χ2n) is 4.82. The third-order valence-electron chi connectivity index (χ3n) is 3.11. The number of carbonyl (C=O) groups is 2. The molecular weight excluding hydrogens is 400 g/mol. The van der Waals surface area contributed by atoms with Crippen molar-refractivity contribution in [1.82, 2.24) is 0 Å². The van der Waals surface area contributed by atoms with E-state index >= 15 is 0 Å². The number of anilines is 1. The van der Waals surface area contributed by atoms with E-state index in [1.807, 2.05) is 0 Å². The van der Waals surface area contributed by atoms with E-state index in [0.717, 1.165) is 0 Å². The molecule has 132 valence electrons. The number of hydrogen-bond acceptors (Lipinski definition) is 7. The van der Waals surface area contributed by atoms with Gasteiger partial charge in [-0.25, -0.2) is 4.79 Å². The Bertz CT molecular complexity index is 831. The molecule has 0 saturated carbocycles. The molecule has 0 aliphatic heterocycles. The molecule has 1 N–H and O–H groups in total. The number of amides is 1. The first-order chi connectivity index (χ1) is 11.8. The number of carbonyl (C=O) groups excluding carboxylic acids is 2. The monoisotopic (exact) mass is 412 g/mol. The first kappa shape index (κ1) is 18.5. The summed E-state index contributed by atoms with van der Waals surface area (Å²) in [5.41, 5.74) is 0.555. The van der Waals surface area contributed by atoms with Gasteiger partial charge in [0.05, 0.1) is 12.0 Å². The summed E-state index contributed by atoms with van der Waals surface area (Å²) < 4.78 is 15.1. The van der Waals surface area contributed by atoms with Gasteiger partial charge in [0, 0.05) is 17.8 Å². The Morgan fingerprint density at radius 1 is 1.36 bits per heavy atom. The molecule has 0 bridgehead atoms. The smallest absolute Gasteiger partial charge is 0.374 e. The van der Waals surface area contributed by atoms with Crippen LogP contribution in [-0.4, -0.2) is 30.5 Å². The van der Waals surface area contributed by atoms with Crippen molar-refractivity contribution in [3.63, 3.8) is 0 Å². The zero-order valence-electron chi connectivity index (χ0n) is 13.2. The number of nitrogens with one attached hydrogen (secondary N) is 1. The van der Waals surface area contributed by atoms with Crippen LogP contribution in [0.5, 0.6) is 5.75 Å². The predicted octanol–water partition coefficient (Wildman–Crippen LogP) is 3.06. The van der Waals surface area contributed by atoms with Gasteiger partial charge in [0.15, 0.2) is 17.0 Å². The van der Waals surface area contributed by atoms with Crippen molar-refractivity contribution < 1.29 is 28.4 Å². The summed E-state index contributed by atoms with van der Waals surface area (Å²) in [5.74, 6) is -1.45. The number of esters is 1. The fourth-order valence-corrected chi connectivity index (χ4v) is 2.23. The quantitative estimate of drug-likeness (QED) is 0.439. The topological polar surface area (TPSA) is 121 Å². The molecule has 0 radical (unpaired) electrons. The van der Waals surface area contributed by atoms with E-state index in [1.165, 1.54) is 31.4 Å². The third-order valence-corrected chi connectivity index (χ3v) is 3.53. The minimum atomic E-state index is -0.793. The third kappa shape index (κ3) is 4.57. The lowest BCUT2D eigenvalue weighted by Crippen LogP contribution is -2.21. The van der Waals surface area contributed by atoms with Gasteiger partial charge in [-0.2, -0.15) is 0 Å². The van der Waals surface area contributed by atoms with Gasteiger partial charge in [0.25, 0.3) is 5.91 Å². The summed E-state index contributed by atoms with van der Waals surface area (Å²) in [6, 6.07) is 5.52. The first-order valence-electron chi connectivity index (χ1n) is 6.87. The number of furan rings is 1. The number of nitro groups is 1. The molecule has 1 aromatic carbocycles. The Morgan fingerprint density at radius 3 is 2.64 bits per heavy atom. The second-order valence-corrected chi connectivity index (χ2v) is 5.61. The van der Waals surface area contributed by atoms with Crippen molar-refractivity contribution in [2.45, 2.75) is 6.92 Å². The van der Waals surface area contributed by atoms with Gasteiger partial charge < -0.3 is 19.2 Å².